The molecule has 0 aromatic heterocycles. The van der Waals surface area contributed by atoms with E-state index in [1.165, 1.54) is 24.3 Å². The molecule has 0 aliphatic carbocycles. The first kappa shape index (κ1) is 18.5. The Kier molecular flexibility index (Phi) is 5.66. The van der Waals surface area contributed by atoms with E-state index in [-0.39, 0.29) is 9.79 Å². The van der Waals surface area contributed by atoms with Crippen LogP contribution in [0.25, 0.3) is 0 Å². The Morgan fingerprint density at radius 3 is 1.88 bits per heavy atom. The molecule has 0 aliphatic rings. The molecule has 0 saturated heterocycles. The fourth-order valence-electron chi connectivity index (χ4n) is 2.20. The summed E-state index contributed by atoms with van der Waals surface area (Å²) >= 11 is 0. The fourth-order valence-corrected chi connectivity index (χ4v) is 3.89. The topological polar surface area (TPSA) is 80.3 Å². The molecule has 0 spiro atoms. The Balaban J connectivity index is 2.16. The van der Waals surface area contributed by atoms with Crippen molar-refractivity contribution < 1.29 is 16.8 Å². The van der Waals surface area contributed by atoms with Crippen LogP contribution in [0.2, 0.25) is 0 Å². The van der Waals surface area contributed by atoms with Crippen molar-refractivity contribution in [3.8, 4) is 0 Å². The van der Waals surface area contributed by atoms with Gasteiger partial charge in [-0.05, 0) is 54.8 Å². The van der Waals surface area contributed by atoms with E-state index in [9.17, 15) is 16.8 Å². The molecule has 1 N–H and O–H groups in total. The summed E-state index contributed by atoms with van der Waals surface area (Å²) in [6.45, 7) is 2.12. The van der Waals surface area contributed by atoms with Crippen LogP contribution in [0.1, 0.15) is 25.3 Å². The second-order valence-corrected chi connectivity index (χ2v) is 9.35. The zero-order valence-corrected chi connectivity index (χ0v) is 15.3. The van der Waals surface area contributed by atoms with E-state index in [0.717, 1.165) is 31.1 Å². The van der Waals surface area contributed by atoms with Crippen LogP contribution in [0.5, 0.6) is 0 Å². The van der Waals surface area contributed by atoms with Crippen molar-refractivity contribution in [1.29, 1.82) is 0 Å². The molecular weight excluding hydrogens is 346 g/mol. The highest BCUT2D eigenvalue weighted by molar-refractivity contribution is 7.92. The minimum atomic E-state index is -3.75. The first-order valence-corrected chi connectivity index (χ1v) is 11.0. The molecule has 0 fully saturated rings. The highest BCUT2D eigenvalue weighted by Crippen LogP contribution is 2.19. The first-order valence-electron chi connectivity index (χ1n) is 7.64. The number of sulfonamides is 1. The van der Waals surface area contributed by atoms with Crippen LogP contribution in [-0.4, -0.2) is 23.1 Å². The summed E-state index contributed by atoms with van der Waals surface area (Å²) in [5, 5.41) is 0. The minimum Gasteiger partial charge on any atom is -0.280 e. The Morgan fingerprint density at radius 1 is 0.833 bits per heavy atom. The van der Waals surface area contributed by atoms with E-state index in [4.69, 9.17) is 0 Å². The second-order valence-electron chi connectivity index (χ2n) is 5.65. The van der Waals surface area contributed by atoms with Gasteiger partial charge in [-0.2, -0.15) is 0 Å². The molecule has 0 unspecified atom stereocenters. The van der Waals surface area contributed by atoms with E-state index < -0.39 is 19.9 Å². The summed E-state index contributed by atoms with van der Waals surface area (Å²) in [4.78, 5) is 0.103. The van der Waals surface area contributed by atoms with Crippen LogP contribution >= 0.6 is 0 Å². The van der Waals surface area contributed by atoms with Gasteiger partial charge in [0.15, 0.2) is 9.84 Å². The van der Waals surface area contributed by atoms with E-state index in [1.54, 1.807) is 12.1 Å². The lowest BCUT2D eigenvalue weighted by molar-refractivity contribution is 0.597. The van der Waals surface area contributed by atoms with Crippen LogP contribution in [0, 0.1) is 0 Å². The third kappa shape index (κ3) is 4.82. The number of benzene rings is 2. The largest absolute Gasteiger partial charge is 0.280 e. The van der Waals surface area contributed by atoms with Gasteiger partial charge in [0.05, 0.1) is 9.79 Å². The normalized spacial score (nSPS) is 12.1. The molecule has 0 amide bonds. The predicted molar refractivity (Wildman–Crippen MR) is 95.4 cm³/mol. The van der Waals surface area contributed by atoms with Crippen LogP contribution in [0.3, 0.4) is 0 Å². The van der Waals surface area contributed by atoms with Gasteiger partial charge in [-0.25, -0.2) is 16.8 Å². The average molecular weight is 367 g/mol. The van der Waals surface area contributed by atoms with Gasteiger partial charge in [0, 0.05) is 11.9 Å². The zero-order chi connectivity index (χ0) is 17.8. The first-order chi connectivity index (χ1) is 11.2. The van der Waals surface area contributed by atoms with Gasteiger partial charge in [0.2, 0.25) is 0 Å². The maximum Gasteiger partial charge on any atom is 0.261 e. The third-order valence-electron chi connectivity index (χ3n) is 3.59. The van der Waals surface area contributed by atoms with Gasteiger partial charge in [-0.3, -0.25) is 4.72 Å². The van der Waals surface area contributed by atoms with Crippen molar-refractivity contribution in [2.75, 3.05) is 11.0 Å². The van der Waals surface area contributed by atoms with Gasteiger partial charge in [-0.15, -0.1) is 0 Å². The van der Waals surface area contributed by atoms with Gasteiger partial charge in [-0.1, -0.05) is 25.5 Å². The van der Waals surface area contributed by atoms with Crippen molar-refractivity contribution in [2.45, 2.75) is 36.0 Å². The van der Waals surface area contributed by atoms with E-state index in [0.29, 0.717) is 5.69 Å². The molecule has 0 heterocycles. The quantitative estimate of drug-likeness (QED) is 0.815. The van der Waals surface area contributed by atoms with Crippen molar-refractivity contribution in [2.24, 2.45) is 0 Å². The molecule has 24 heavy (non-hydrogen) atoms. The van der Waals surface area contributed by atoms with Gasteiger partial charge in [0.25, 0.3) is 10.0 Å². The van der Waals surface area contributed by atoms with Crippen molar-refractivity contribution >= 4 is 25.5 Å². The number of hydrogen-bond donors (Lipinski definition) is 1. The lowest BCUT2D eigenvalue weighted by atomic mass is 10.1. The van der Waals surface area contributed by atoms with Crippen LogP contribution in [-0.2, 0) is 26.3 Å². The molecule has 0 bridgehead atoms. The van der Waals surface area contributed by atoms with E-state index in [2.05, 4.69) is 11.6 Å². The molecule has 0 radical (unpaired) electrons. The van der Waals surface area contributed by atoms with Crippen molar-refractivity contribution in [3.05, 3.63) is 54.1 Å². The SMILES string of the molecule is CCCCc1ccc(NS(=O)(=O)c2ccc(S(C)(=O)=O)cc2)cc1. The molecule has 130 valence electrons. The Morgan fingerprint density at radius 2 is 1.38 bits per heavy atom. The monoisotopic (exact) mass is 367 g/mol. The van der Waals surface area contributed by atoms with Gasteiger partial charge in [0.1, 0.15) is 0 Å². The lowest BCUT2D eigenvalue weighted by Gasteiger charge is -2.09. The summed E-state index contributed by atoms with van der Waals surface area (Å²) in [5.74, 6) is 0. The predicted octanol–water partition coefficient (Wildman–Crippen LogP) is 3.23. The molecule has 0 atom stereocenters. The van der Waals surface area contributed by atoms with Gasteiger partial charge >= 0.3 is 0 Å². The summed E-state index contributed by atoms with van der Waals surface area (Å²) in [6.07, 6.45) is 4.25. The molecule has 2 aromatic carbocycles. The summed E-state index contributed by atoms with van der Waals surface area (Å²) < 4.78 is 50.1. The van der Waals surface area contributed by atoms with Crippen molar-refractivity contribution in [1.82, 2.24) is 0 Å². The third-order valence-corrected chi connectivity index (χ3v) is 6.11. The van der Waals surface area contributed by atoms with Crippen LogP contribution in [0.15, 0.2) is 58.3 Å². The maximum atomic E-state index is 12.4. The molecule has 2 aromatic rings. The maximum absolute atomic E-state index is 12.4. The lowest BCUT2D eigenvalue weighted by Crippen LogP contribution is -2.13. The standard InChI is InChI=1S/C17H21NO4S2/c1-3-4-5-14-6-8-15(9-7-14)18-24(21,22)17-12-10-16(11-13-17)23(2,19)20/h6-13,18H,3-5H2,1-2H3. The van der Waals surface area contributed by atoms with Crippen molar-refractivity contribution in [3.63, 3.8) is 0 Å². The molecular formula is C17H21NO4S2. The Bertz CT molecular complexity index is 885. The number of rotatable bonds is 7. The molecule has 5 nitrogen and oxygen atoms in total. The number of aryl methyl sites for hydroxylation is 1. The summed E-state index contributed by atoms with van der Waals surface area (Å²) in [6, 6.07) is 12.4. The number of anilines is 1. The number of sulfone groups is 1. The fraction of sp³-hybridized carbons (Fsp3) is 0.294. The van der Waals surface area contributed by atoms with E-state index in [1.807, 2.05) is 12.1 Å². The molecule has 2 rings (SSSR count). The number of nitrogens with one attached hydrogen (secondary N) is 1. The Labute approximate surface area is 143 Å². The van der Waals surface area contributed by atoms with Crippen LogP contribution < -0.4 is 4.72 Å². The van der Waals surface area contributed by atoms with Crippen LogP contribution in [0.4, 0.5) is 5.69 Å². The molecule has 0 aliphatic heterocycles. The van der Waals surface area contributed by atoms with E-state index >= 15 is 0 Å². The smallest absolute Gasteiger partial charge is 0.261 e. The van der Waals surface area contributed by atoms with Gasteiger partial charge < -0.3 is 0 Å². The minimum absolute atomic E-state index is 0.0185. The number of hydrogen-bond acceptors (Lipinski definition) is 4. The molecule has 7 heteroatoms. The Hall–Kier alpha value is -1.86. The molecule has 0 saturated carbocycles. The zero-order valence-electron chi connectivity index (χ0n) is 13.7. The highest BCUT2D eigenvalue weighted by Gasteiger charge is 2.15. The summed E-state index contributed by atoms with van der Waals surface area (Å²) in [7, 11) is -7.10. The second kappa shape index (κ2) is 7.36. The summed E-state index contributed by atoms with van der Waals surface area (Å²) in [5.41, 5.74) is 1.64. The highest BCUT2D eigenvalue weighted by atomic mass is 32.2. The number of unbranched alkanes of at least 4 members (excludes halogenated alkanes) is 1. The average Bonchev–Trinajstić information content (AvgIpc) is 2.53.